The molecule has 1 amide bonds. The van der Waals surface area contributed by atoms with Crippen LogP contribution in [0.25, 0.3) is 0 Å². The number of anilines is 1. The molecule has 22 heavy (non-hydrogen) atoms. The summed E-state index contributed by atoms with van der Waals surface area (Å²) in [5, 5.41) is 0. The Bertz CT molecular complexity index is 645. The zero-order valence-electron chi connectivity index (χ0n) is 12.7. The molecule has 122 valence electrons. The number of benzene rings is 1. The molecule has 1 aliphatic heterocycles. The van der Waals surface area contributed by atoms with E-state index < -0.39 is 10.0 Å². The van der Waals surface area contributed by atoms with Crippen LogP contribution in [0.5, 0.6) is 11.5 Å². The number of hydrogen-bond donors (Lipinski definition) is 1. The van der Waals surface area contributed by atoms with Crippen molar-refractivity contribution in [1.82, 2.24) is 4.72 Å². The van der Waals surface area contributed by atoms with Crippen molar-refractivity contribution in [3.63, 3.8) is 0 Å². The third-order valence-corrected chi connectivity index (χ3v) is 4.77. The van der Waals surface area contributed by atoms with Crippen LogP contribution in [0.4, 0.5) is 5.69 Å². The van der Waals surface area contributed by atoms with Crippen molar-refractivity contribution in [2.75, 3.05) is 30.5 Å². The number of nitrogens with one attached hydrogen (secondary N) is 1. The van der Waals surface area contributed by atoms with Gasteiger partial charge in [-0.3, -0.25) is 4.79 Å². The first kappa shape index (κ1) is 16.6. The lowest BCUT2D eigenvalue weighted by molar-refractivity contribution is -0.116. The van der Waals surface area contributed by atoms with Crippen LogP contribution < -0.4 is 19.1 Å². The molecule has 0 saturated carbocycles. The Morgan fingerprint density at radius 3 is 2.73 bits per heavy atom. The number of amides is 1. The highest BCUT2D eigenvalue weighted by Gasteiger charge is 2.18. The normalized spacial score (nSPS) is 13.2. The first-order chi connectivity index (χ1) is 10.4. The van der Waals surface area contributed by atoms with Crippen LogP contribution in [0, 0.1) is 0 Å². The number of carbonyl (C=O) groups is 1. The Morgan fingerprint density at radius 2 is 2.05 bits per heavy atom. The van der Waals surface area contributed by atoms with E-state index in [4.69, 9.17) is 9.47 Å². The summed E-state index contributed by atoms with van der Waals surface area (Å²) in [6, 6.07) is 5.19. The van der Waals surface area contributed by atoms with Crippen molar-refractivity contribution in [3.8, 4) is 11.5 Å². The molecule has 1 aliphatic rings. The van der Waals surface area contributed by atoms with Crippen molar-refractivity contribution >= 4 is 21.6 Å². The Labute approximate surface area is 130 Å². The highest BCUT2D eigenvalue weighted by molar-refractivity contribution is 7.89. The molecule has 1 heterocycles. The predicted molar refractivity (Wildman–Crippen MR) is 82.7 cm³/mol. The van der Waals surface area contributed by atoms with Crippen LogP contribution in [0.1, 0.15) is 20.3 Å². The number of sulfonamides is 1. The van der Waals surface area contributed by atoms with Gasteiger partial charge in [0.25, 0.3) is 0 Å². The number of hydrogen-bond acceptors (Lipinski definition) is 5. The van der Waals surface area contributed by atoms with Crippen molar-refractivity contribution < 1.29 is 22.7 Å². The van der Waals surface area contributed by atoms with Crippen LogP contribution in [-0.2, 0) is 14.8 Å². The molecule has 0 aromatic heterocycles. The molecule has 0 unspecified atom stereocenters. The number of fused-ring (bicyclic) bond motifs is 1. The Hall–Kier alpha value is -1.80. The van der Waals surface area contributed by atoms with Gasteiger partial charge in [-0.2, -0.15) is 0 Å². The fourth-order valence-electron chi connectivity index (χ4n) is 2.18. The number of ether oxygens (including phenoxy) is 2. The van der Waals surface area contributed by atoms with Crippen molar-refractivity contribution in [2.45, 2.75) is 20.3 Å². The summed E-state index contributed by atoms with van der Waals surface area (Å²) in [6.45, 7) is 3.81. The number of rotatable bonds is 7. The molecule has 0 saturated heterocycles. The van der Waals surface area contributed by atoms with Gasteiger partial charge in [0.05, 0.1) is 5.75 Å². The quantitative estimate of drug-likeness (QED) is 0.810. The molecule has 1 N–H and O–H groups in total. The molecule has 0 spiro atoms. The van der Waals surface area contributed by atoms with E-state index in [9.17, 15) is 13.2 Å². The van der Waals surface area contributed by atoms with E-state index in [0.29, 0.717) is 23.6 Å². The maximum absolute atomic E-state index is 11.8. The van der Waals surface area contributed by atoms with Crippen molar-refractivity contribution in [1.29, 1.82) is 0 Å². The summed E-state index contributed by atoms with van der Waals surface area (Å²) >= 11 is 0. The molecule has 0 bridgehead atoms. The Morgan fingerprint density at radius 1 is 1.32 bits per heavy atom. The average Bonchev–Trinajstić information content (AvgIpc) is 2.90. The second kappa shape index (κ2) is 6.97. The largest absolute Gasteiger partial charge is 0.454 e. The molecule has 0 atom stereocenters. The summed E-state index contributed by atoms with van der Waals surface area (Å²) in [5.41, 5.74) is 0.645. The molecule has 2 rings (SSSR count). The molecule has 1 aromatic carbocycles. The summed E-state index contributed by atoms with van der Waals surface area (Å²) < 4.78 is 36.2. The van der Waals surface area contributed by atoms with Crippen LogP contribution >= 0.6 is 0 Å². The second-order valence-corrected chi connectivity index (χ2v) is 6.85. The van der Waals surface area contributed by atoms with Crippen LogP contribution in [0.2, 0.25) is 0 Å². The maximum atomic E-state index is 11.8. The smallest absolute Gasteiger partial charge is 0.231 e. The lowest BCUT2D eigenvalue weighted by Gasteiger charge is -2.21. The average molecular weight is 328 g/mol. The highest BCUT2D eigenvalue weighted by Crippen LogP contribution is 2.35. The van der Waals surface area contributed by atoms with E-state index >= 15 is 0 Å². The monoisotopic (exact) mass is 328 g/mol. The molecule has 0 radical (unpaired) electrons. The lowest BCUT2D eigenvalue weighted by atomic mass is 10.2. The van der Waals surface area contributed by atoms with Gasteiger partial charge < -0.3 is 14.4 Å². The Kier molecular flexibility index (Phi) is 5.25. The van der Waals surface area contributed by atoms with Gasteiger partial charge in [0.15, 0.2) is 11.5 Å². The summed E-state index contributed by atoms with van der Waals surface area (Å²) in [7, 11) is -3.28. The van der Waals surface area contributed by atoms with Gasteiger partial charge in [-0.15, -0.1) is 0 Å². The zero-order valence-corrected chi connectivity index (χ0v) is 13.5. The molecule has 8 heteroatoms. The van der Waals surface area contributed by atoms with Crippen molar-refractivity contribution in [2.24, 2.45) is 0 Å². The minimum absolute atomic E-state index is 0.0805. The molecule has 0 aliphatic carbocycles. The van der Waals surface area contributed by atoms with E-state index in [1.54, 1.807) is 25.1 Å². The van der Waals surface area contributed by atoms with Gasteiger partial charge in [0, 0.05) is 31.8 Å². The van der Waals surface area contributed by atoms with Gasteiger partial charge in [0.2, 0.25) is 22.7 Å². The van der Waals surface area contributed by atoms with E-state index in [2.05, 4.69) is 4.72 Å². The predicted octanol–water partition coefficient (Wildman–Crippen LogP) is 1.10. The third kappa shape index (κ3) is 4.11. The molecular weight excluding hydrogens is 308 g/mol. The molecule has 0 fully saturated rings. The van der Waals surface area contributed by atoms with E-state index in [-0.39, 0.29) is 31.5 Å². The Balaban J connectivity index is 2.03. The van der Waals surface area contributed by atoms with E-state index in [1.165, 1.54) is 11.8 Å². The van der Waals surface area contributed by atoms with Gasteiger partial charge in [-0.25, -0.2) is 13.1 Å². The minimum atomic E-state index is -3.28. The molecule has 1 aromatic rings. The second-order valence-electron chi connectivity index (χ2n) is 4.92. The van der Waals surface area contributed by atoms with Gasteiger partial charge in [-0.05, 0) is 18.6 Å². The van der Waals surface area contributed by atoms with Crippen LogP contribution in [0.15, 0.2) is 18.2 Å². The van der Waals surface area contributed by atoms with Crippen molar-refractivity contribution in [3.05, 3.63) is 18.2 Å². The topological polar surface area (TPSA) is 84.9 Å². The van der Waals surface area contributed by atoms with E-state index in [0.717, 1.165) is 0 Å². The van der Waals surface area contributed by atoms with Gasteiger partial charge >= 0.3 is 0 Å². The summed E-state index contributed by atoms with van der Waals surface area (Å²) in [6.07, 6.45) is 0.550. The summed E-state index contributed by atoms with van der Waals surface area (Å²) in [5.74, 6) is 1.12. The van der Waals surface area contributed by atoms with E-state index in [1.807, 2.05) is 0 Å². The minimum Gasteiger partial charge on any atom is -0.454 e. The number of nitrogens with zero attached hydrogens (tertiary/aromatic N) is 1. The maximum Gasteiger partial charge on any atom is 0.231 e. The van der Waals surface area contributed by atoms with Crippen LogP contribution in [0.3, 0.4) is 0 Å². The first-order valence-corrected chi connectivity index (χ1v) is 8.73. The first-order valence-electron chi connectivity index (χ1n) is 7.08. The van der Waals surface area contributed by atoms with Crippen LogP contribution in [-0.4, -0.2) is 40.0 Å². The standard InChI is InChI=1S/C14H20N2O5S/c1-3-8-22(18,19)15-6-7-16(11(2)17)12-4-5-13-14(9-12)21-10-20-13/h4-5,9,15H,3,6-8,10H2,1-2H3. The van der Waals surface area contributed by atoms with Gasteiger partial charge in [0.1, 0.15) is 0 Å². The fourth-order valence-corrected chi connectivity index (χ4v) is 3.26. The number of carbonyl (C=O) groups excluding carboxylic acids is 1. The molecular formula is C14H20N2O5S. The zero-order chi connectivity index (χ0) is 16.2. The molecule has 7 nitrogen and oxygen atoms in total. The summed E-state index contributed by atoms with van der Waals surface area (Å²) in [4.78, 5) is 13.3. The fraction of sp³-hybridized carbons (Fsp3) is 0.500. The third-order valence-electron chi connectivity index (χ3n) is 3.18. The van der Waals surface area contributed by atoms with Gasteiger partial charge in [-0.1, -0.05) is 6.92 Å². The lowest BCUT2D eigenvalue weighted by Crippen LogP contribution is -2.38. The highest BCUT2D eigenvalue weighted by atomic mass is 32.2. The SMILES string of the molecule is CCCS(=O)(=O)NCCN(C(C)=O)c1ccc2c(c1)OCO2.